The van der Waals surface area contributed by atoms with Crippen molar-refractivity contribution in [3.63, 3.8) is 0 Å². The Hall–Kier alpha value is -2.14. The molecular formula is C18H18BrNO3. The van der Waals surface area contributed by atoms with Crippen molar-refractivity contribution in [1.82, 2.24) is 5.32 Å². The maximum atomic E-state index is 12.2. The first-order valence-electron chi connectivity index (χ1n) is 7.24. The monoisotopic (exact) mass is 375 g/mol. The smallest absolute Gasteiger partial charge is 0.328 e. The van der Waals surface area contributed by atoms with Gasteiger partial charge in [0.1, 0.15) is 6.04 Å². The minimum atomic E-state index is -0.713. The second kappa shape index (κ2) is 8.48. The predicted octanol–water partition coefficient (Wildman–Crippen LogP) is 2.89. The molecule has 0 aliphatic carbocycles. The zero-order valence-electron chi connectivity index (χ0n) is 12.8. The SMILES string of the molecule is COC(=O)[C@H](Cc1ccccc1Br)NC(=O)Cc1ccccc1. The van der Waals surface area contributed by atoms with E-state index in [9.17, 15) is 9.59 Å². The molecule has 0 heterocycles. The molecule has 0 unspecified atom stereocenters. The third kappa shape index (κ3) is 5.21. The number of methoxy groups -OCH3 is 1. The molecule has 2 rings (SSSR count). The molecule has 2 aromatic rings. The third-order valence-corrected chi connectivity index (χ3v) is 4.18. The molecule has 23 heavy (non-hydrogen) atoms. The fourth-order valence-corrected chi connectivity index (χ4v) is 2.69. The van der Waals surface area contributed by atoms with Crippen LogP contribution in [0.5, 0.6) is 0 Å². The molecule has 0 saturated carbocycles. The Kier molecular flexibility index (Phi) is 6.35. The maximum absolute atomic E-state index is 12.2. The molecular weight excluding hydrogens is 358 g/mol. The van der Waals surface area contributed by atoms with Crippen molar-refractivity contribution in [2.24, 2.45) is 0 Å². The molecule has 1 N–H and O–H groups in total. The number of amides is 1. The van der Waals surface area contributed by atoms with E-state index in [1.807, 2.05) is 54.6 Å². The molecule has 0 spiro atoms. The zero-order valence-corrected chi connectivity index (χ0v) is 14.4. The highest BCUT2D eigenvalue weighted by Gasteiger charge is 2.22. The Morgan fingerprint density at radius 2 is 1.74 bits per heavy atom. The van der Waals surface area contributed by atoms with E-state index in [0.717, 1.165) is 15.6 Å². The number of carbonyl (C=O) groups excluding carboxylic acids is 2. The largest absolute Gasteiger partial charge is 0.467 e. The third-order valence-electron chi connectivity index (χ3n) is 3.41. The molecule has 0 radical (unpaired) electrons. The lowest BCUT2D eigenvalue weighted by Crippen LogP contribution is -2.43. The van der Waals surface area contributed by atoms with Crippen LogP contribution in [0.25, 0.3) is 0 Å². The highest BCUT2D eigenvalue weighted by atomic mass is 79.9. The molecule has 0 aliphatic rings. The van der Waals surface area contributed by atoms with E-state index in [0.29, 0.717) is 6.42 Å². The van der Waals surface area contributed by atoms with Crippen molar-refractivity contribution in [3.05, 3.63) is 70.2 Å². The van der Waals surface area contributed by atoms with Gasteiger partial charge in [-0.1, -0.05) is 64.5 Å². The first-order valence-corrected chi connectivity index (χ1v) is 8.04. The Labute approximate surface area is 144 Å². The van der Waals surface area contributed by atoms with Crippen LogP contribution in [0.2, 0.25) is 0 Å². The summed E-state index contributed by atoms with van der Waals surface area (Å²) in [6, 6.07) is 16.3. The molecule has 4 nitrogen and oxygen atoms in total. The molecule has 1 atom stereocenters. The van der Waals surface area contributed by atoms with Gasteiger partial charge < -0.3 is 10.1 Å². The number of hydrogen-bond acceptors (Lipinski definition) is 3. The second-order valence-corrected chi connectivity index (χ2v) is 5.96. The first-order chi connectivity index (χ1) is 11.1. The minimum Gasteiger partial charge on any atom is -0.467 e. The van der Waals surface area contributed by atoms with Crippen LogP contribution in [0.15, 0.2) is 59.1 Å². The zero-order chi connectivity index (χ0) is 16.7. The first kappa shape index (κ1) is 17.2. The highest BCUT2D eigenvalue weighted by Crippen LogP contribution is 2.18. The van der Waals surface area contributed by atoms with Crippen molar-refractivity contribution >= 4 is 27.8 Å². The summed E-state index contributed by atoms with van der Waals surface area (Å²) in [5.74, 6) is -0.666. The molecule has 0 fully saturated rings. The summed E-state index contributed by atoms with van der Waals surface area (Å²) in [7, 11) is 1.32. The van der Waals surface area contributed by atoms with E-state index >= 15 is 0 Å². The van der Waals surface area contributed by atoms with E-state index < -0.39 is 12.0 Å². The van der Waals surface area contributed by atoms with Gasteiger partial charge in [-0.2, -0.15) is 0 Å². The predicted molar refractivity (Wildman–Crippen MR) is 91.9 cm³/mol. The summed E-state index contributed by atoms with van der Waals surface area (Å²) in [6.45, 7) is 0. The van der Waals surface area contributed by atoms with Gasteiger partial charge in [0.2, 0.25) is 5.91 Å². The van der Waals surface area contributed by atoms with E-state index in [1.165, 1.54) is 7.11 Å². The van der Waals surface area contributed by atoms with Gasteiger partial charge in [-0.3, -0.25) is 4.79 Å². The number of halogens is 1. The summed E-state index contributed by atoms with van der Waals surface area (Å²) in [5.41, 5.74) is 1.83. The van der Waals surface area contributed by atoms with E-state index in [4.69, 9.17) is 4.74 Å². The van der Waals surface area contributed by atoms with Crippen LogP contribution in [0.3, 0.4) is 0 Å². The number of benzene rings is 2. The van der Waals surface area contributed by atoms with Crippen LogP contribution in [0.1, 0.15) is 11.1 Å². The summed E-state index contributed by atoms with van der Waals surface area (Å²) in [5, 5.41) is 2.76. The Morgan fingerprint density at radius 1 is 1.09 bits per heavy atom. The van der Waals surface area contributed by atoms with Gasteiger partial charge in [-0.05, 0) is 17.2 Å². The van der Waals surface area contributed by atoms with Gasteiger partial charge in [-0.15, -0.1) is 0 Å². The Balaban J connectivity index is 2.05. The Bertz CT molecular complexity index is 673. The molecule has 0 aliphatic heterocycles. The molecule has 1 amide bonds. The normalized spacial score (nSPS) is 11.6. The van der Waals surface area contributed by atoms with Crippen molar-refractivity contribution in [1.29, 1.82) is 0 Å². The highest BCUT2D eigenvalue weighted by molar-refractivity contribution is 9.10. The lowest BCUT2D eigenvalue weighted by molar-refractivity contribution is -0.145. The number of hydrogen-bond donors (Lipinski definition) is 1. The fourth-order valence-electron chi connectivity index (χ4n) is 2.25. The van der Waals surface area contributed by atoms with E-state index in [2.05, 4.69) is 21.2 Å². The van der Waals surface area contributed by atoms with Crippen LogP contribution in [0.4, 0.5) is 0 Å². The molecule has 0 saturated heterocycles. The van der Waals surface area contributed by atoms with Gasteiger partial charge in [0.15, 0.2) is 0 Å². The van der Waals surface area contributed by atoms with Crippen LogP contribution in [-0.4, -0.2) is 25.0 Å². The Morgan fingerprint density at radius 3 is 2.39 bits per heavy atom. The van der Waals surface area contributed by atoms with Gasteiger partial charge in [0.25, 0.3) is 0 Å². The van der Waals surface area contributed by atoms with Crippen LogP contribution in [0, 0.1) is 0 Å². The topological polar surface area (TPSA) is 55.4 Å². The number of carbonyl (C=O) groups is 2. The molecule has 2 aromatic carbocycles. The fraction of sp³-hybridized carbons (Fsp3) is 0.222. The molecule has 0 bridgehead atoms. The minimum absolute atomic E-state index is 0.210. The van der Waals surface area contributed by atoms with Gasteiger partial charge in [0, 0.05) is 10.9 Å². The molecule has 120 valence electrons. The molecule has 0 aromatic heterocycles. The quantitative estimate of drug-likeness (QED) is 0.789. The summed E-state index contributed by atoms with van der Waals surface area (Å²) in [6.07, 6.45) is 0.596. The maximum Gasteiger partial charge on any atom is 0.328 e. The van der Waals surface area contributed by atoms with Crippen molar-refractivity contribution in [2.75, 3.05) is 7.11 Å². The second-order valence-electron chi connectivity index (χ2n) is 5.10. The van der Waals surface area contributed by atoms with Crippen molar-refractivity contribution in [3.8, 4) is 0 Å². The van der Waals surface area contributed by atoms with Crippen LogP contribution in [-0.2, 0) is 27.2 Å². The number of nitrogens with one attached hydrogen (secondary N) is 1. The lowest BCUT2D eigenvalue weighted by Gasteiger charge is -2.17. The summed E-state index contributed by atoms with van der Waals surface area (Å²) >= 11 is 3.45. The number of rotatable bonds is 6. The number of esters is 1. The lowest BCUT2D eigenvalue weighted by atomic mass is 10.1. The van der Waals surface area contributed by atoms with Crippen LogP contribution < -0.4 is 5.32 Å². The number of ether oxygens (including phenoxy) is 1. The average molecular weight is 376 g/mol. The van der Waals surface area contributed by atoms with Crippen molar-refractivity contribution < 1.29 is 14.3 Å². The molecule has 5 heteroatoms. The summed E-state index contributed by atoms with van der Waals surface area (Å²) in [4.78, 5) is 24.2. The van der Waals surface area contributed by atoms with E-state index in [1.54, 1.807) is 0 Å². The van der Waals surface area contributed by atoms with Gasteiger partial charge in [0.05, 0.1) is 13.5 Å². The summed E-state index contributed by atoms with van der Waals surface area (Å²) < 4.78 is 5.70. The standard InChI is InChI=1S/C18H18BrNO3/c1-23-18(22)16(12-14-9-5-6-10-15(14)19)20-17(21)11-13-7-3-2-4-8-13/h2-10,16H,11-12H2,1H3,(H,20,21)/t16-/m0/s1. The average Bonchev–Trinajstić information content (AvgIpc) is 2.56. The van der Waals surface area contributed by atoms with Gasteiger partial charge >= 0.3 is 5.97 Å². The van der Waals surface area contributed by atoms with Crippen molar-refractivity contribution in [2.45, 2.75) is 18.9 Å². The van der Waals surface area contributed by atoms with Crippen LogP contribution >= 0.6 is 15.9 Å². The van der Waals surface area contributed by atoms with E-state index in [-0.39, 0.29) is 12.3 Å². The van der Waals surface area contributed by atoms with Gasteiger partial charge in [-0.25, -0.2) is 4.79 Å².